The molecular weight excluding hydrogens is 296 g/mol. The molecule has 3 rings (SSSR count). The summed E-state index contributed by atoms with van der Waals surface area (Å²) < 4.78 is 10.8. The van der Waals surface area contributed by atoms with Gasteiger partial charge in [0.1, 0.15) is 11.3 Å². The van der Waals surface area contributed by atoms with Gasteiger partial charge in [-0.3, -0.25) is 4.79 Å². The topological polar surface area (TPSA) is 85.8 Å². The summed E-state index contributed by atoms with van der Waals surface area (Å²) >= 11 is 0. The van der Waals surface area contributed by atoms with Crippen LogP contribution in [0.3, 0.4) is 0 Å². The molecule has 122 valence electrons. The lowest BCUT2D eigenvalue weighted by Gasteiger charge is -2.16. The highest BCUT2D eigenvalue weighted by Gasteiger charge is 2.23. The summed E-state index contributed by atoms with van der Waals surface area (Å²) in [6.07, 6.45) is 1.57. The first-order valence-electron chi connectivity index (χ1n) is 7.79. The molecule has 0 aliphatic carbocycles. The van der Waals surface area contributed by atoms with Gasteiger partial charge in [-0.2, -0.15) is 0 Å². The van der Waals surface area contributed by atoms with Crippen LogP contribution in [0.2, 0.25) is 0 Å². The number of aryl methyl sites for hydroxylation is 1. The zero-order chi connectivity index (χ0) is 16.4. The average molecular weight is 316 g/mol. The van der Waals surface area contributed by atoms with Gasteiger partial charge in [0.05, 0.1) is 0 Å². The lowest BCUT2D eigenvalue weighted by atomic mass is 10.1. The van der Waals surface area contributed by atoms with Crippen molar-refractivity contribution >= 4 is 16.9 Å². The molecule has 1 amide bonds. The smallest absolute Gasteiger partial charge is 0.336 e. The van der Waals surface area contributed by atoms with Crippen molar-refractivity contribution in [1.29, 1.82) is 0 Å². The van der Waals surface area contributed by atoms with Crippen LogP contribution in [0.5, 0.6) is 5.75 Å². The zero-order valence-corrected chi connectivity index (χ0v) is 13.1. The molecule has 2 aromatic rings. The average Bonchev–Trinajstić information content (AvgIpc) is 2.98. The van der Waals surface area contributed by atoms with Crippen LogP contribution in [0, 0.1) is 0 Å². The molecule has 6 nitrogen and oxygen atoms in total. The maximum Gasteiger partial charge on any atom is 0.336 e. The Morgan fingerprint density at radius 2 is 2.26 bits per heavy atom. The standard InChI is InChI=1S/C17H20N2O4/c1-2-11-7-17(21)23-15-8-13(3-4-14(11)15)22-10-16(20)19-6-5-12(18)9-19/h3-4,7-8,12H,2,5-6,9-10,18H2,1H3/t12-/m0/s1. The van der Waals surface area contributed by atoms with Crippen molar-refractivity contribution in [1.82, 2.24) is 4.90 Å². The second-order valence-corrected chi connectivity index (χ2v) is 5.78. The minimum absolute atomic E-state index is 0.0457. The number of fused-ring (bicyclic) bond motifs is 1. The summed E-state index contributed by atoms with van der Waals surface area (Å²) in [6, 6.07) is 6.84. The number of nitrogens with two attached hydrogens (primary N) is 1. The van der Waals surface area contributed by atoms with Crippen LogP contribution in [-0.2, 0) is 11.2 Å². The number of likely N-dealkylation sites (tertiary alicyclic amines) is 1. The molecule has 1 atom stereocenters. The van der Waals surface area contributed by atoms with E-state index < -0.39 is 0 Å². The minimum atomic E-state index is -0.381. The highest BCUT2D eigenvalue weighted by Crippen LogP contribution is 2.23. The Kier molecular flexibility index (Phi) is 4.34. The van der Waals surface area contributed by atoms with Gasteiger partial charge in [0.25, 0.3) is 5.91 Å². The number of benzene rings is 1. The van der Waals surface area contributed by atoms with Crippen molar-refractivity contribution in [2.45, 2.75) is 25.8 Å². The normalized spacial score (nSPS) is 17.7. The van der Waals surface area contributed by atoms with E-state index in [1.807, 2.05) is 13.0 Å². The molecule has 0 saturated carbocycles. The number of amides is 1. The van der Waals surface area contributed by atoms with E-state index in [4.69, 9.17) is 14.9 Å². The van der Waals surface area contributed by atoms with E-state index in [0.717, 1.165) is 23.8 Å². The molecule has 1 aromatic carbocycles. The van der Waals surface area contributed by atoms with Gasteiger partial charge in [-0.05, 0) is 30.5 Å². The summed E-state index contributed by atoms with van der Waals surface area (Å²) in [7, 11) is 0. The van der Waals surface area contributed by atoms with Gasteiger partial charge >= 0.3 is 5.63 Å². The highest BCUT2D eigenvalue weighted by atomic mass is 16.5. The number of ether oxygens (including phenoxy) is 1. The molecule has 1 saturated heterocycles. The van der Waals surface area contributed by atoms with Gasteiger partial charge < -0.3 is 19.8 Å². The lowest BCUT2D eigenvalue weighted by Crippen LogP contribution is -2.35. The monoisotopic (exact) mass is 316 g/mol. The molecule has 0 bridgehead atoms. The van der Waals surface area contributed by atoms with Crippen molar-refractivity contribution in [2.24, 2.45) is 5.73 Å². The summed E-state index contributed by atoms with van der Waals surface area (Å²) in [5, 5.41) is 0.885. The van der Waals surface area contributed by atoms with Crippen LogP contribution in [0.15, 0.2) is 33.5 Å². The first-order chi connectivity index (χ1) is 11.1. The van der Waals surface area contributed by atoms with E-state index >= 15 is 0 Å². The number of carbonyl (C=O) groups excluding carboxylic acids is 1. The van der Waals surface area contributed by atoms with Crippen LogP contribution in [0.1, 0.15) is 18.9 Å². The molecule has 1 fully saturated rings. The third-order valence-electron chi connectivity index (χ3n) is 4.12. The molecule has 1 aliphatic heterocycles. The Morgan fingerprint density at radius 1 is 1.43 bits per heavy atom. The van der Waals surface area contributed by atoms with Crippen molar-refractivity contribution in [3.8, 4) is 5.75 Å². The van der Waals surface area contributed by atoms with Gasteiger partial charge in [0.2, 0.25) is 0 Å². The van der Waals surface area contributed by atoms with E-state index in [0.29, 0.717) is 24.4 Å². The van der Waals surface area contributed by atoms with E-state index in [2.05, 4.69) is 0 Å². The number of rotatable bonds is 4. The predicted molar refractivity (Wildman–Crippen MR) is 86.5 cm³/mol. The molecule has 0 unspecified atom stereocenters. The second kappa shape index (κ2) is 6.42. The summed E-state index contributed by atoms with van der Waals surface area (Å²) in [4.78, 5) is 25.3. The van der Waals surface area contributed by atoms with Crippen LogP contribution in [0.25, 0.3) is 11.0 Å². The maximum absolute atomic E-state index is 12.1. The molecule has 2 N–H and O–H groups in total. The van der Waals surface area contributed by atoms with Crippen molar-refractivity contribution in [3.05, 3.63) is 40.2 Å². The Morgan fingerprint density at radius 3 is 2.96 bits per heavy atom. The molecule has 0 spiro atoms. The fourth-order valence-electron chi connectivity index (χ4n) is 2.84. The lowest BCUT2D eigenvalue weighted by molar-refractivity contribution is -0.132. The van der Waals surface area contributed by atoms with Gasteiger partial charge in [0, 0.05) is 36.7 Å². The second-order valence-electron chi connectivity index (χ2n) is 5.78. The van der Waals surface area contributed by atoms with E-state index in [1.54, 1.807) is 17.0 Å². The van der Waals surface area contributed by atoms with Crippen LogP contribution >= 0.6 is 0 Å². The summed E-state index contributed by atoms with van der Waals surface area (Å²) in [5.74, 6) is 0.424. The van der Waals surface area contributed by atoms with Crippen LogP contribution in [-0.4, -0.2) is 36.5 Å². The fourth-order valence-corrected chi connectivity index (χ4v) is 2.84. The Labute approximate surface area is 133 Å². The van der Waals surface area contributed by atoms with Gasteiger partial charge in [-0.1, -0.05) is 6.92 Å². The Bertz CT molecular complexity index is 784. The third-order valence-corrected chi connectivity index (χ3v) is 4.12. The molecular formula is C17H20N2O4. The fraction of sp³-hybridized carbons (Fsp3) is 0.412. The number of nitrogens with zero attached hydrogens (tertiary/aromatic N) is 1. The zero-order valence-electron chi connectivity index (χ0n) is 13.1. The van der Waals surface area contributed by atoms with Crippen LogP contribution in [0.4, 0.5) is 0 Å². The molecule has 1 aliphatic rings. The maximum atomic E-state index is 12.1. The SMILES string of the molecule is CCc1cc(=O)oc2cc(OCC(=O)N3CC[C@H](N)C3)ccc12. The predicted octanol–water partition coefficient (Wildman–Crippen LogP) is 1.29. The Balaban J connectivity index is 1.73. The van der Waals surface area contributed by atoms with Crippen LogP contribution < -0.4 is 16.1 Å². The first kappa shape index (κ1) is 15.6. The molecule has 6 heteroatoms. The number of carbonyl (C=O) groups is 1. The van der Waals surface area contributed by atoms with Gasteiger partial charge in [0.15, 0.2) is 6.61 Å². The van der Waals surface area contributed by atoms with Crippen molar-refractivity contribution < 1.29 is 13.9 Å². The molecule has 23 heavy (non-hydrogen) atoms. The van der Waals surface area contributed by atoms with Crippen molar-refractivity contribution in [3.63, 3.8) is 0 Å². The Hall–Kier alpha value is -2.34. The molecule has 2 heterocycles. The van der Waals surface area contributed by atoms with E-state index in [-0.39, 0.29) is 24.2 Å². The number of hydrogen-bond acceptors (Lipinski definition) is 5. The molecule has 0 radical (unpaired) electrons. The number of hydrogen-bond donors (Lipinski definition) is 1. The van der Waals surface area contributed by atoms with Gasteiger partial charge in [-0.15, -0.1) is 0 Å². The van der Waals surface area contributed by atoms with Crippen molar-refractivity contribution in [2.75, 3.05) is 19.7 Å². The quantitative estimate of drug-likeness (QED) is 0.859. The summed E-state index contributed by atoms with van der Waals surface area (Å²) in [5.41, 5.74) is 6.83. The first-order valence-corrected chi connectivity index (χ1v) is 7.79. The van der Waals surface area contributed by atoms with E-state index in [1.165, 1.54) is 6.07 Å². The summed E-state index contributed by atoms with van der Waals surface area (Å²) in [6.45, 7) is 3.19. The highest BCUT2D eigenvalue weighted by molar-refractivity contribution is 5.82. The molecule has 1 aromatic heterocycles. The third kappa shape index (κ3) is 3.37. The minimum Gasteiger partial charge on any atom is -0.484 e. The van der Waals surface area contributed by atoms with Gasteiger partial charge in [-0.25, -0.2) is 4.79 Å². The van der Waals surface area contributed by atoms with E-state index in [9.17, 15) is 9.59 Å². The largest absolute Gasteiger partial charge is 0.484 e.